The van der Waals surface area contributed by atoms with Gasteiger partial charge in [-0.05, 0) is 38.8 Å². The largest absolute Gasteiger partial charge is 0.373 e. The molecule has 0 radical (unpaired) electrons. The number of hydrogen-bond acceptors (Lipinski definition) is 7. The van der Waals surface area contributed by atoms with Gasteiger partial charge in [0.05, 0.1) is 29.0 Å². The predicted molar refractivity (Wildman–Crippen MR) is 92.3 cm³/mol. The number of hydrogen-bond donors (Lipinski definition) is 0. The van der Waals surface area contributed by atoms with Crippen LogP contribution in [0.4, 0.5) is 5.82 Å². The number of rotatable bonds is 4. The standard InChI is InChI=1S/C17H22N4O2S/c1-11-5-6-16(20-19-11)21-8-15(17-14(21)4-3-7-22-17)23-9-13-10-24-12(2)18-13/h5-6,10,14-15,17H,3-4,7-9H2,1-2H3/t14-,15-,17+/m1/s1. The number of fused-ring (bicyclic) bond motifs is 1. The quantitative estimate of drug-likeness (QED) is 0.848. The van der Waals surface area contributed by atoms with E-state index in [-0.39, 0.29) is 12.2 Å². The van der Waals surface area contributed by atoms with Crippen LogP contribution in [-0.4, -0.2) is 46.6 Å². The van der Waals surface area contributed by atoms with Crippen LogP contribution in [0.5, 0.6) is 0 Å². The lowest BCUT2D eigenvalue weighted by Gasteiger charge is -2.32. The molecule has 0 bridgehead atoms. The number of ether oxygens (including phenoxy) is 2. The molecule has 128 valence electrons. The van der Waals surface area contributed by atoms with Crippen LogP contribution in [0, 0.1) is 13.8 Å². The molecule has 7 heteroatoms. The maximum Gasteiger partial charge on any atom is 0.151 e. The van der Waals surface area contributed by atoms with E-state index in [0.717, 1.165) is 48.2 Å². The van der Waals surface area contributed by atoms with E-state index in [1.165, 1.54) is 0 Å². The van der Waals surface area contributed by atoms with Crippen LogP contribution in [0.15, 0.2) is 17.5 Å². The molecule has 2 fully saturated rings. The lowest BCUT2D eigenvalue weighted by Crippen LogP contribution is -2.42. The Morgan fingerprint density at radius 3 is 3.00 bits per heavy atom. The minimum atomic E-state index is 0.0420. The van der Waals surface area contributed by atoms with Crippen molar-refractivity contribution in [1.82, 2.24) is 15.2 Å². The number of anilines is 1. The van der Waals surface area contributed by atoms with E-state index in [9.17, 15) is 0 Å². The molecule has 3 atom stereocenters. The van der Waals surface area contributed by atoms with Crippen molar-refractivity contribution < 1.29 is 9.47 Å². The molecule has 0 saturated carbocycles. The Balaban J connectivity index is 1.49. The lowest BCUT2D eigenvalue weighted by atomic mass is 10.0. The minimum absolute atomic E-state index is 0.0420. The van der Waals surface area contributed by atoms with Gasteiger partial charge >= 0.3 is 0 Å². The van der Waals surface area contributed by atoms with E-state index in [1.54, 1.807) is 11.3 Å². The van der Waals surface area contributed by atoms with Crippen molar-refractivity contribution in [2.45, 2.75) is 51.5 Å². The predicted octanol–water partition coefficient (Wildman–Crippen LogP) is 2.50. The van der Waals surface area contributed by atoms with Crippen LogP contribution in [0.3, 0.4) is 0 Å². The first-order valence-electron chi connectivity index (χ1n) is 8.42. The highest BCUT2D eigenvalue weighted by atomic mass is 32.1. The number of aromatic nitrogens is 3. The molecule has 4 rings (SSSR count). The molecule has 6 nitrogen and oxygen atoms in total. The molecule has 0 amide bonds. The molecule has 0 aliphatic carbocycles. The summed E-state index contributed by atoms with van der Waals surface area (Å²) in [6.45, 7) is 6.10. The Labute approximate surface area is 145 Å². The molecule has 2 aromatic rings. The van der Waals surface area contributed by atoms with Crippen molar-refractivity contribution in [1.29, 1.82) is 0 Å². The maximum atomic E-state index is 6.18. The van der Waals surface area contributed by atoms with Gasteiger partial charge in [-0.2, -0.15) is 5.10 Å². The maximum absolute atomic E-state index is 6.18. The van der Waals surface area contributed by atoms with Crippen LogP contribution >= 0.6 is 11.3 Å². The smallest absolute Gasteiger partial charge is 0.151 e. The van der Waals surface area contributed by atoms with Crippen molar-refractivity contribution in [3.8, 4) is 0 Å². The number of aryl methyl sites for hydroxylation is 2. The fourth-order valence-corrected chi connectivity index (χ4v) is 4.13. The summed E-state index contributed by atoms with van der Waals surface area (Å²) in [4.78, 5) is 6.78. The third-order valence-corrected chi connectivity index (χ3v) is 5.49. The first-order chi connectivity index (χ1) is 11.7. The van der Waals surface area contributed by atoms with Crippen molar-refractivity contribution in [3.05, 3.63) is 33.9 Å². The Bertz CT molecular complexity index is 690. The average Bonchev–Trinajstić information content (AvgIpc) is 3.18. The SMILES string of the molecule is Cc1ccc(N2C[C@@H](OCc3csc(C)n3)[C@H]3OCCC[C@H]32)nn1. The Hall–Kier alpha value is -1.57. The highest BCUT2D eigenvalue weighted by Crippen LogP contribution is 2.33. The summed E-state index contributed by atoms with van der Waals surface area (Å²) in [6, 6.07) is 4.37. The van der Waals surface area contributed by atoms with Gasteiger partial charge in [0.25, 0.3) is 0 Å². The van der Waals surface area contributed by atoms with Crippen molar-refractivity contribution in [2.24, 2.45) is 0 Å². The fraction of sp³-hybridized carbons (Fsp3) is 0.588. The molecule has 0 aromatic carbocycles. The summed E-state index contributed by atoms with van der Waals surface area (Å²) in [5.74, 6) is 0.914. The van der Waals surface area contributed by atoms with E-state index >= 15 is 0 Å². The molecule has 0 N–H and O–H groups in total. The van der Waals surface area contributed by atoms with Gasteiger partial charge in [-0.25, -0.2) is 4.98 Å². The molecule has 2 aromatic heterocycles. The number of thiazole rings is 1. The van der Waals surface area contributed by atoms with Gasteiger partial charge in [0.2, 0.25) is 0 Å². The highest BCUT2D eigenvalue weighted by Gasteiger charge is 2.45. The molecule has 2 saturated heterocycles. The summed E-state index contributed by atoms with van der Waals surface area (Å²) in [7, 11) is 0. The highest BCUT2D eigenvalue weighted by molar-refractivity contribution is 7.09. The van der Waals surface area contributed by atoms with Crippen molar-refractivity contribution in [3.63, 3.8) is 0 Å². The average molecular weight is 346 g/mol. The van der Waals surface area contributed by atoms with E-state index in [2.05, 4.69) is 25.5 Å². The first-order valence-corrected chi connectivity index (χ1v) is 9.30. The summed E-state index contributed by atoms with van der Waals surface area (Å²) in [5.41, 5.74) is 1.93. The zero-order chi connectivity index (χ0) is 16.5. The monoisotopic (exact) mass is 346 g/mol. The van der Waals surface area contributed by atoms with Crippen LogP contribution in [0.1, 0.15) is 29.2 Å². The van der Waals surface area contributed by atoms with Gasteiger partial charge < -0.3 is 14.4 Å². The van der Waals surface area contributed by atoms with E-state index in [1.807, 2.05) is 26.0 Å². The lowest BCUT2D eigenvalue weighted by molar-refractivity contribution is -0.0788. The van der Waals surface area contributed by atoms with Crippen LogP contribution in [-0.2, 0) is 16.1 Å². The molecular weight excluding hydrogens is 324 g/mol. The van der Waals surface area contributed by atoms with E-state index in [0.29, 0.717) is 12.6 Å². The van der Waals surface area contributed by atoms with Crippen LogP contribution < -0.4 is 4.90 Å². The zero-order valence-corrected chi connectivity index (χ0v) is 14.8. The molecule has 2 aliphatic heterocycles. The first kappa shape index (κ1) is 15.9. The second-order valence-electron chi connectivity index (χ2n) is 6.44. The van der Waals surface area contributed by atoms with Crippen molar-refractivity contribution in [2.75, 3.05) is 18.1 Å². The summed E-state index contributed by atoms with van der Waals surface area (Å²) >= 11 is 1.66. The van der Waals surface area contributed by atoms with Crippen LogP contribution in [0.2, 0.25) is 0 Å². The van der Waals surface area contributed by atoms with Crippen molar-refractivity contribution >= 4 is 17.2 Å². The molecule has 0 unspecified atom stereocenters. The molecular formula is C17H22N4O2S. The molecule has 2 aliphatic rings. The van der Waals surface area contributed by atoms with E-state index < -0.39 is 0 Å². The molecule has 0 spiro atoms. The van der Waals surface area contributed by atoms with Gasteiger partial charge in [-0.1, -0.05) is 0 Å². The third kappa shape index (κ3) is 3.16. The van der Waals surface area contributed by atoms with Gasteiger partial charge in [0.1, 0.15) is 12.2 Å². The Morgan fingerprint density at radius 2 is 2.25 bits per heavy atom. The zero-order valence-electron chi connectivity index (χ0n) is 14.0. The fourth-order valence-electron chi connectivity index (χ4n) is 3.53. The van der Waals surface area contributed by atoms with Crippen LogP contribution in [0.25, 0.3) is 0 Å². The Morgan fingerprint density at radius 1 is 1.33 bits per heavy atom. The summed E-state index contributed by atoms with van der Waals surface area (Å²) in [6.07, 6.45) is 2.33. The normalized spacial score (nSPS) is 26.6. The van der Waals surface area contributed by atoms with E-state index in [4.69, 9.17) is 9.47 Å². The minimum Gasteiger partial charge on any atom is -0.373 e. The van der Waals surface area contributed by atoms with Gasteiger partial charge in [-0.15, -0.1) is 16.4 Å². The van der Waals surface area contributed by atoms with Gasteiger partial charge in [-0.3, -0.25) is 0 Å². The topological polar surface area (TPSA) is 60.4 Å². The Kier molecular flexibility index (Phi) is 4.47. The van der Waals surface area contributed by atoms with Gasteiger partial charge in [0.15, 0.2) is 5.82 Å². The van der Waals surface area contributed by atoms with Gasteiger partial charge in [0, 0.05) is 18.5 Å². The second kappa shape index (κ2) is 6.74. The summed E-state index contributed by atoms with van der Waals surface area (Å²) in [5, 5.41) is 11.7. The number of nitrogens with zero attached hydrogens (tertiary/aromatic N) is 4. The summed E-state index contributed by atoms with van der Waals surface area (Å²) < 4.78 is 12.2. The molecule has 4 heterocycles. The second-order valence-corrected chi connectivity index (χ2v) is 7.50. The molecule has 24 heavy (non-hydrogen) atoms. The third-order valence-electron chi connectivity index (χ3n) is 4.67.